The number of hydrogen-bond acceptors (Lipinski definition) is 3. The van der Waals surface area contributed by atoms with Gasteiger partial charge in [-0.15, -0.1) is 11.3 Å². The molecule has 0 unspecified atom stereocenters. The second-order valence-corrected chi connectivity index (χ2v) is 7.62. The smallest absolute Gasteiger partial charge is 0.254 e. The lowest BCUT2D eigenvalue weighted by Gasteiger charge is -2.21. The van der Waals surface area contributed by atoms with Crippen molar-refractivity contribution in [2.75, 3.05) is 13.6 Å². The van der Waals surface area contributed by atoms with Gasteiger partial charge in [-0.3, -0.25) is 9.59 Å². The van der Waals surface area contributed by atoms with E-state index in [4.69, 9.17) is 0 Å². The van der Waals surface area contributed by atoms with E-state index in [9.17, 15) is 9.59 Å². The van der Waals surface area contributed by atoms with Crippen molar-refractivity contribution in [2.24, 2.45) is 0 Å². The third-order valence-corrected chi connectivity index (χ3v) is 5.54. The Balaban J connectivity index is 1.71. The Kier molecular flexibility index (Phi) is 6.61. The molecule has 0 aliphatic carbocycles. The number of aryl methyl sites for hydroxylation is 1. The molecule has 0 saturated carbocycles. The molecule has 28 heavy (non-hydrogen) atoms. The van der Waals surface area contributed by atoms with E-state index in [0.29, 0.717) is 5.56 Å². The van der Waals surface area contributed by atoms with E-state index >= 15 is 0 Å². The Morgan fingerprint density at radius 2 is 1.71 bits per heavy atom. The molecule has 3 aromatic rings. The highest BCUT2D eigenvalue weighted by atomic mass is 32.1. The summed E-state index contributed by atoms with van der Waals surface area (Å²) in [6.07, 6.45) is 0.975. The average Bonchev–Trinajstić information content (AvgIpc) is 3.26. The standard InChI is InChI=1S/C23H24N2O2S/c1-3-17-11-13-18(14-12-17)22(20-10-7-15-28-20)24-21(26)16-25(2)23(27)19-8-5-4-6-9-19/h4-15,22H,3,16H2,1-2H3,(H,24,26)/t22-/m0/s1. The Morgan fingerprint density at radius 3 is 2.32 bits per heavy atom. The monoisotopic (exact) mass is 392 g/mol. The molecule has 0 fully saturated rings. The van der Waals surface area contributed by atoms with Crippen LogP contribution in [0.2, 0.25) is 0 Å². The van der Waals surface area contributed by atoms with Crippen molar-refractivity contribution in [3.05, 3.63) is 93.7 Å². The zero-order valence-corrected chi connectivity index (χ0v) is 16.9. The summed E-state index contributed by atoms with van der Waals surface area (Å²) in [5, 5.41) is 5.09. The fraction of sp³-hybridized carbons (Fsp3) is 0.217. The van der Waals surface area contributed by atoms with Crippen molar-refractivity contribution >= 4 is 23.2 Å². The lowest BCUT2D eigenvalue weighted by molar-refractivity contribution is -0.122. The van der Waals surface area contributed by atoms with Crippen LogP contribution in [0.3, 0.4) is 0 Å². The second-order valence-electron chi connectivity index (χ2n) is 6.64. The molecule has 1 atom stereocenters. The van der Waals surface area contributed by atoms with Crippen LogP contribution in [0.4, 0.5) is 0 Å². The summed E-state index contributed by atoms with van der Waals surface area (Å²) < 4.78 is 0. The molecule has 0 bridgehead atoms. The quantitative estimate of drug-likeness (QED) is 0.652. The molecule has 2 amide bonds. The summed E-state index contributed by atoms with van der Waals surface area (Å²) in [5.41, 5.74) is 2.86. The summed E-state index contributed by atoms with van der Waals surface area (Å²) in [4.78, 5) is 27.7. The number of benzene rings is 2. The van der Waals surface area contributed by atoms with Crippen LogP contribution in [0.5, 0.6) is 0 Å². The highest BCUT2D eigenvalue weighted by Gasteiger charge is 2.20. The third kappa shape index (κ3) is 4.87. The molecule has 1 N–H and O–H groups in total. The second kappa shape index (κ2) is 9.33. The number of likely N-dealkylation sites (N-methyl/N-ethyl adjacent to an activating group) is 1. The van der Waals surface area contributed by atoms with E-state index in [1.165, 1.54) is 10.5 Å². The molecule has 0 spiro atoms. The van der Waals surface area contributed by atoms with Gasteiger partial charge < -0.3 is 10.2 Å². The summed E-state index contributed by atoms with van der Waals surface area (Å²) in [5.74, 6) is -0.361. The van der Waals surface area contributed by atoms with Gasteiger partial charge in [-0.1, -0.05) is 55.5 Å². The molecule has 144 valence electrons. The van der Waals surface area contributed by atoms with E-state index in [-0.39, 0.29) is 24.4 Å². The molecule has 5 heteroatoms. The molecule has 1 aromatic heterocycles. The maximum atomic E-state index is 12.7. The van der Waals surface area contributed by atoms with Gasteiger partial charge in [0, 0.05) is 17.5 Å². The number of hydrogen-bond donors (Lipinski definition) is 1. The average molecular weight is 393 g/mol. The van der Waals surface area contributed by atoms with Crippen molar-refractivity contribution in [3.63, 3.8) is 0 Å². The Bertz CT molecular complexity index is 906. The van der Waals surface area contributed by atoms with Gasteiger partial charge in [0.05, 0.1) is 12.6 Å². The summed E-state index contributed by atoms with van der Waals surface area (Å²) >= 11 is 1.60. The molecule has 3 rings (SSSR count). The summed E-state index contributed by atoms with van der Waals surface area (Å²) in [6, 6.07) is 21.1. The molecule has 0 saturated heterocycles. The van der Waals surface area contributed by atoms with Crippen molar-refractivity contribution in [1.82, 2.24) is 10.2 Å². The molecule has 0 aliphatic rings. The van der Waals surface area contributed by atoms with Crippen LogP contribution in [0.15, 0.2) is 72.1 Å². The van der Waals surface area contributed by atoms with Gasteiger partial charge in [0.25, 0.3) is 5.91 Å². The predicted octanol–water partition coefficient (Wildman–Crippen LogP) is 4.29. The summed E-state index contributed by atoms with van der Waals surface area (Å²) in [6.45, 7) is 2.12. The molecule has 4 nitrogen and oxygen atoms in total. The van der Waals surface area contributed by atoms with Crippen LogP contribution in [0.1, 0.15) is 39.3 Å². The van der Waals surface area contributed by atoms with E-state index in [1.54, 1.807) is 30.5 Å². The number of carbonyl (C=O) groups is 2. The van der Waals surface area contributed by atoms with Gasteiger partial charge in [-0.25, -0.2) is 0 Å². The first kappa shape index (κ1) is 19.8. The number of amides is 2. The van der Waals surface area contributed by atoms with Crippen LogP contribution in [-0.2, 0) is 11.2 Å². The van der Waals surface area contributed by atoms with Crippen LogP contribution >= 0.6 is 11.3 Å². The molecule has 2 aromatic carbocycles. The molecule has 0 radical (unpaired) electrons. The lowest BCUT2D eigenvalue weighted by Crippen LogP contribution is -2.40. The molecule has 0 aliphatic heterocycles. The van der Waals surface area contributed by atoms with E-state index in [1.807, 2.05) is 35.7 Å². The predicted molar refractivity (Wildman–Crippen MR) is 114 cm³/mol. The van der Waals surface area contributed by atoms with Gasteiger partial charge in [-0.2, -0.15) is 0 Å². The number of carbonyl (C=O) groups excluding carboxylic acids is 2. The third-order valence-electron chi connectivity index (χ3n) is 4.60. The molecular weight excluding hydrogens is 368 g/mol. The van der Waals surface area contributed by atoms with Crippen molar-refractivity contribution in [3.8, 4) is 0 Å². The maximum absolute atomic E-state index is 12.7. The highest BCUT2D eigenvalue weighted by molar-refractivity contribution is 7.10. The minimum absolute atomic E-state index is 0.00263. The maximum Gasteiger partial charge on any atom is 0.254 e. The van der Waals surface area contributed by atoms with Crippen LogP contribution < -0.4 is 5.32 Å². The van der Waals surface area contributed by atoms with Crippen molar-refractivity contribution in [2.45, 2.75) is 19.4 Å². The minimum Gasteiger partial charge on any atom is -0.343 e. The van der Waals surface area contributed by atoms with Gasteiger partial charge in [0.1, 0.15) is 0 Å². The van der Waals surface area contributed by atoms with Crippen LogP contribution in [0.25, 0.3) is 0 Å². The van der Waals surface area contributed by atoms with Gasteiger partial charge in [0.2, 0.25) is 5.91 Å². The first-order valence-electron chi connectivity index (χ1n) is 9.30. The number of nitrogens with zero attached hydrogens (tertiary/aromatic N) is 1. The molecular formula is C23H24N2O2S. The van der Waals surface area contributed by atoms with Crippen LogP contribution in [-0.4, -0.2) is 30.3 Å². The zero-order valence-electron chi connectivity index (χ0n) is 16.1. The summed E-state index contributed by atoms with van der Waals surface area (Å²) in [7, 11) is 1.64. The topological polar surface area (TPSA) is 49.4 Å². The Hall–Kier alpha value is -2.92. The number of nitrogens with one attached hydrogen (secondary N) is 1. The van der Waals surface area contributed by atoms with E-state index in [2.05, 4.69) is 36.5 Å². The van der Waals surface area contributed by atoms with Crippen molar-refractivity contribution in [1.29, 1.82) is 0 Å². The zero-order chi connectivity index (χ0) is 19.9. The SMILES string of the molecule is CCc1ccc([C@H](NC(=O)CN(C)C(=O)c2ccccc2)c2cccs2)cc1. The number of thiophene rings is 1. The normalized spacial score (nSPS) is 11.6. The van der Waals surface area contributed by atoms with E-state index < -0.39 is 0 Å². The van der Waals surface area contributed by atoms with Gasteiger partial charge in [-0.05, 0) is 41.1 Å². The fourth-order valence-electron chi connectivity index (χ4n) is 3.02. The minimum atomic E-state index is -0.223. The first-order chi connectivity index (χ1) is 13.6. The lowest BCUT2D eigenvalue weighted by atomic mass is 10.0. The van der Waals surface area contributed by atoms with E-state index in [0.717, 1.165) is 16.9 Å². The Morgan fingerprint density at radius 1 is 1.00 bits per heavy atom. The van der Waals surface area contributed by atoms with Crippen molar-refractivity contribution < 1.29 is 9.59 Å². The largest absolute Gasteiger partial charge is 0.343 e. The van der Waals surface area contributed by atoms with Gasteiger partial charge in [0.15, 0.2) is 0 Å². The number of rotatable bonds is 7. The molecule has 1 heterocycles. The Labute approximate surface area is 169 Å². The van der Waals surface area contributed by atoms with Gasteiger partial charge >= 0.3 is 0 Å². The van der Waals surface area contributed by atoms with Crippen LogP contribution in [0, 0.1) is 0 Å². The first-order valence-corrected chi connectivity index (χ1v) is 10.2. The fourth-order valence-corrected chi connectivity index (χ4v) is 3.82. The highest BCUT2D eigenvalue weighted by Crippen LogP contribution is 2.26.